The van der Waals surface area contributed by atoms with E-state index in [4.69, 9.17) is 23.4 Å². The van der Waals surface area contributed by atoms with Gasteiger partial charge in [0.1, 0.15) is 23.5 Å². The van der Waals surface area contributed by atoms with Crippen molar-refractivity contribution in [1.29, 1.82) is 0 Å². The Hall–Kier alpha value is -3.39. The summed E-state index contributed by atoms with van der Waals surface area (Å²) >= 11 is 0. The third-order valence-corrected chi connectivity index (χ3v) is 5.36. The van der Waals surface area contributed by atoms with Crippen LogP contribution in [-0.4, -0.2) is 57.6 Å². The fourth-order valence-corrected chi connectivity index (χ4v) is 3.50. The van der Waals surface area contributed by atoms with Crippen molar-refractivity contribution >= 4 is 11.0 Å². The summed E-state index contributed by atoms with van der Waals surface area (Å²) in [4.78, 5) is 15.4. The molecule has 1 heterocycles. The Kier molecular flexibility index (Phi) is 7.48. The van der Waals surface area contributed by atoms with Crippen LogP contribution in [0.4, 0.5) is 0 Å². The van der Waals surface area contributed by atoms with Gasteiger partial charge in [-0.3, -0.25) is 4.79 Å². The maximum absolute atomic E-state index is 13.2. The summed E-state index contributed by atoms with van der Waals surface area (Å²) in [5, 5.41) is 10.8. The molecule has 1 aromatic heterocycles. The number of aromatic hydroxyl groups is 1. The van der Waals surface area contributed by atoms with Crippen LogP contribution >= 0.6 is 0 Å². The van der Waals surface area contributed by atoms with Crippen LogP contribution in [0, 0.1) is 0 Å². The van der Waals surface area contributed by atoms with Crippen molar-refractivity contribution in [3.8, 4) is 40.1 Å². The Morgan fingerprint density at radius 3 is 2.22 bits per heavy atom. The summed E-state index contributed by atoms with van der Waals surface area (Å²) in [6.45, 7) is 6.96. The van der Waals surface area contributed by atoms with E-state index < -0.39 is 11.2 Å². The fraction of sp³-hybridized carbons (Fsp3) is 0.375. The third kappa shape index (κ3) is 4.45. The molecule has 0 saturated heterocycles. The maximum Gasteiger partial charge on any atom is 0.238 e. The number of hydrogen-bond acceptors (Lipinski definition) is 8. The lowest BCUT2D eigenvalue weighted by atomic mass is 10.1. The van der Waals surface area contributed by atoms with E-state index in [1.54, 1.807) is 37.4 Å². The highest BCUT2D eigenvalue weighted by Gasteiger charge is 2.24. The number of benzene rings is 2. The highest BCUT2D eigenvalue weighted by molar-refractivity contribution is 5.93. The van der Waals surface area contributed by atoms with Crippen LogP contribution in [-0.2, 0) is 0 Å². The monoisotopic (exact) mass is 443 g/mol. The molecule has 0 aliphatic carbocycles. The highest BCUT2D eigenvalue weighted by atomic mass is 16.5. The lowest BCUT2D eigenvalue weighted by Crippen LogP contribution is -2.28. The van der Waals surface area contributed by atoms with E-state index in [-0.39, 0.29) is 28.2 Å². The van der Waals surface area contributed by atoms with Crippen LogP contribution < -0.4 is 24.4 Å². The van der Waals surface area contributed by atoms with Crippen molar-refractivity contribution in [2.45, 2.75) is 13.8 Å². The predicted octanol–water partition coefficient (Wildman–Crippen LogP) is 3.91. The predicted molar refractivity (Wildman–Crippen MR) is 123 cm³/mol. The summed E-state index contributed by atoms with van der Waals surface area (Å²) in [5.41, 5.74) is 0.0327. The Balaban J connectivity index is 2.17. The van der Waals surface area contributed by atoms with E-state index in [2.05, 4.69) is 18.7 Å². The standard InChI is InChI=1S/C24H29NO7/c1-6-25(7-2)12-13-31-17-14-18(29-4)23(30-5)24-19(17)20(26)21(27)22(32-24)15-8-10-16(28-3)11-9-15/h8-11,14,27H,6-7,12-13H2,1-5H3. The molecule has 0 amide bonds. The molecule has 0 spiro atoms. The molecule has 172 valence electrons. The van der Waals surface area contributed by atoms with Crippen molar-refractivity contribution < 1.29 is 28.5 Å². The first-order chi connectivity index (χ1) is 15.5. The molecule has 0 unspecified atom stereocenters. The molecule has 0 aliphatic rings. The van der Waals surface area contributed by atoms with E-state index in [0.717, 1.165) is 13.1 Å². The largest absolute Gasteiger partial charge is 0.502 e. The summed E-state index contributed by atoms with van der Waals surface area (Å²) in [6.07, 6.45) is 0. The van der Waals surface area contributed by atoms with Crippen LogP contribution in [0.2, 0.25) is 0 Å². The molecule has 3 aromatic rings. The summed E-state index contributed by atoms with van der Waals surface area (Å²) in [7, 11) is 4.51. The van der Waals surface area contributed by atoms with Crippen molar-refractivity contribution in [3.05, 3.63) is 40.6 Å². The number of likely N-dealkylation sites (N-methyl/N-ethyl adjacent to an activating group) is 1. The van der Waals surface area contributed by atoms with Gasteiger partial charge < -0.3 is 33.4 Å². The quantitative estimate of drug-likeness (QED) is 0.504. The van der Waals surface area contributed by atoms with Crippen molar-refractivity contribution in [1.82, 2.24) is 4.90 Å². The third-order valence-electron chi connectivity index (χ3n) is 5.36. The van der Waals surface area contributed by atoms with Gasteiger partial charge in [0.2, 0.25) is 16.9 Å². The zero-order valence-electron chi connectivity index (χ0n) is 19.1. The van der Waals surface area contributed by atoms with Gasteiger partial charge in [0, 0.05) is 18.2 Å². The molecular weight excluding hydrogens is 414 g/mol. The lowest BCUT2D eigenvalue weighted by molar-refractivity contribution is 0.223. The molecule has 2 aromatic carbocycles. The second kappa shape index (κ2) is 10.3. The molecule has 0 bridgehead atoms. The van der Waals surface area contributed by atoms with E-state index >= 15 is 0 Å². The van der Waals surface area contributed by atoms with E-state index in [9.17, 15) is 9.90 Å². The lowest BCUT2D eigenvalue weighted by Gasteiger charge is -2.19. The van der Waals surface area contributed by atoms with Crippen LogP contribution in [0.5, 0.6) is 28.7 Å². The average Bonchev–Trinajstić information content (AvgIpc) is 2.83. The number of methoxy groups -OCH3 is 3. The first-order valence-electron chi connectivity index (χ1n) is 10.4. The van der Waals surface area contributed by atoms with E-state index in [1.807, 2.05) is 0 Å². The normalized spacial score (nSPS) is 11.1. The van der Waals surface area contributed by atoms with Gasteiger partial charge in [0.05, 0.1) is 21.3 Å². The van der Waals surface area contributed by atoms with Gasteiger partial charge in [-0.1, -0.05) is 13.8 Å². The van der Waals surface area contributed by atoms with Gasteiger partial charge in [0.25, 0.3) is 0 Å². The second-order valence-corrected chi connectivity index (χ2v) is 7.03. The number of ether oxygens (including phenoxy) is 4. The molecule has 32 heavy (non-hydrogen) atoms. The SMILES string of the molecule is CCN(CC)CCOc1cc(OC)c(OC)c2oc(-c3ccc(OC)cc3)c(O)c(=O)c12. The minimum Gasteiger partial charge on any atom is -0.502 e. The van der Waals surface area contributed by atoms with E-state index in [1.165, 1.54) is 14.2 Å². The summed E-state index contributed by atoms with van der Waals surface area (Å²) in [6, 6.07) is 8.38. The van der Waals surface area contributed by atoms with Crippen molar-refractivity contribution in [2.24, 2.45) is 0 Å². The van der Waals surface area contributed by atoms with Crippen molar-refractivity contribution in [2.75, 3.05) is 47.6 Å². The Morgan fingerprint density at radius 2 is 1.66 bits per heavy atom. The topological polar surface area (TPSA) is 90.6 Å². The molecule has 0 radical (unpaired) electrons. The molecule has 8 heteroatoms. The molecule has 3 rings (SSSR count). The minimum atomic E-state index is -0.615. The molecule has 0 saturated carbocycles. The Labute approximate surface area is 186 Å². The Morgan fingerprint density at radius 1 is 0.969 bits per heavy atom. The zero-order valence-corrected chi connectivity index (χ0v) is 19.1. The second-order valence-electron chi connectivity index (χ2n) is 7.03. The summed E-state index contributed by atoms with van der Waals surface area (Å²) in [5.74, 6) is 1.00. The fourth-order valence-electron chi connectivity index (χ4n) is 3.50. The highest BCUT2D eigenvalue weighted by Crippen LogP contribution is 2.43. The smallest absolute Gasteiger partial charge is 0.238 e. The van der Waals surface area contributed by atoms with Crippen LogP contribution in [0.25, 0.3) is 22.3 Å². The number of fused-ring (bicyclic) bond motifs is 1. The van der Waals surface area contributed by atoms with Gasteiger partial charge >= 0.3 is 0 Å². The number of nitrogens with zero attached hydrogens (tertiary/aromatic N) is 1. The zero-order chi connectivity index (χ0) is 23.3. The first kappa shape index (κ1) is 23.3. The van der Waals surface area contributed by atoms with Crippen LogP contribution in [0.15, 0.2) is 39.5 Å². The van der Waals surface area contributed by atoms with Gasteiger partial charge in [0.15, 0.2) is 17.1 Å². The molecule has 0 atom stereocenters. The molecule has 8 nitrogen and oxygen atoms in total. The van der Waals surface area contributed by atoms with Crippen LogP contribution in [0.1, 0.15) is 13.8 Å². The van der Waals surface area contributed by atoms with Crippen LogP contribution in [0.3, 0.4) is 0 Å². The van der Waals surface area contributed by atoms with Gasteiger partial charge in [-0.05, 0) is 37.4 Å². The Bertz CT molecular complexity index is 1120. The summed E-state index contributed by atoms with van der Waals surface area (Å²) < 4.78 is 28.1. The van der Waals surface area contributed by atoms with Crippen molar-refractivity contribution in [3.63, 3.8) is 0 Å². The van der Waals surface area contributed by atoms with Gasteiger partial charge in [-0.15, -0.1) is 0 Å². The molecule has 0 fully saturated rings. The first-order valence-corrected chi connectivity index (χ1v) is 10.4. The molecule has 1 N–H and O–H groups in total. The maximum atomic E-state index is 13.2. The van der Waals surface area contributed by atoms with Gasteiger partial charge in [-0.2, -0.15) is 0 Å². The minimum absolute atomic E-state index is 0.0193. The van der Waals surface area contributed by atoms with E-state index in [0.29, 0.717) is 30.2 Å². The number of hydrogen-bond donors (Lipinski definition) is 1. The van der Waals surface area contributed by atoms with Gasteiger partial charge in [-0.25, -0.2) is 0 Å². The average molecular weight is 443 g/mol. The molecular formula is C24H29NO7. The molecule has 0 aliphatic heterocycles. The number of rotatable bonds is 10.